The maximum Gasteiger partial charge on any atom is 0.356 e. The lowest BCUT2D eigenvalue weighted by molar-refractivity contribution is 0.0689. The van der Waals surface area contributed by atoms with Crippen molar-refractivity contribution in [1.29, 1.82) is 0 Å². The summed E-state index contributed by atoms with van der Waals surface area (Å²) < 4.78 is 6.57. The van der Waals surface area contributed by atoms with E-state index in [9.17, 15) is 4.79 Å². The van der Waals surface area contributed by atoms with Crippen LogP contribution in [0.15, 0.2) is 30.3 Å². The lowest BCUT2D eigenvalue weighted by atomic mass is 10.1. The molecule has 0 atom stereocenters. The molecule has 2 aromatic rings. The summed E-state index contributed by atoms with van der Waals surface area (Å²) in [4.78, 5) is 11.0. The number of nitrogens with zero attached hydrogens (tertiary/aromatic N) is 2. The van der Waals surface area contributed by atoms with Crippen molar-refractivity contribution in [1.82, 2.24) is 9.78 Å². The number of carboxylic acid groups (broad SMARTS) is 1. The van der Waals surface area contributed by atoms with Gasteiger partial charge in [-0.25, -0.2) is 4.79 Å². The highest BCUT2D eigenvalue weighted by atomic mass is 16.5. The van der Waals surface area contributed by atoms with Gasteiger partial charge < -0.3 is 9.84 Å². The molecule has 0 saturated carbocycles. The van der Waals surface area contributed by atoms with Crippen molar-refractivity contribution in [2.75, 3.05) is 7.11 Å². The van der Waals surface area contributed by atoms with Gasteiger partial charge in [-0.15, -0.1) is 6.42 Å². The number of ether oxygens (including phenoxy) is 1. The van der Waals surface area contributed by atoms with E-state index in [1.807, 2.05) is 12.1 Å². The van der Waals surface area contributed by atoms with Crippen LogP contribution in [-0.4, -0.2) is 28.0 Å². The van der Waals surface area contributed by atoms with Crippen molar-refractivity contribution in [3.8, 4) is 29.4 Å². The summed E-state index contributed by atoms with van der Waals surface area (Å²) in [5.41, 5.74) is 1.47. The largest absolute Gasteiger partial charge is 0.497 e. The summed E-state index contributed by atoms with van der Waals surface area (Å²) in [6.07, 6.45) is 5.26. The van der Waals surface area contributed by atoms with Gasteiger partial charge in [-0.3, -0.25) is 4.68 Å². The second kappa shape index (κ2) is 5.27. The van der Waals surface area contributed by atoms with Crippen LogP contribution in [0.4, 0.5) is 0 Å². The first-order valence-corrected chi connectivity index (χ1v) is 5.54. The summed E-state index contributed by atoms with van der Waals surface area (Å²) in [5, 5.41) is 12.9. The first-order valence-electron chi connectivity index (χ1n) is 5.54. The van der Waals surface area contributed by atoms with E-state index < -0.39 is 5.97 Å². The smallest absolute Gasteiger partial charge is 0.356 e. The predicted molar refractivity (Wildman–Crippen MR) is 70.0 cm³/mol. The number of terminal acetylenes is 1. The van der Waals surface area contributed by atoms with Gasteiger partial charge in [0.05, 0.1) is 12.8 Å². The zero-order valence-electron chi connectivity index (χ0n) is 10.3. The Morgan fingerprint density at radius 3 is 2.68 bits per heavy atom. The molecule has 19 heavy (non-hydrogen) atoms. The quantitative estimate of drug-likeness (QED) is 0.848. The van der Waals surface area contributed by atoms with Crippen LogP contribution in [0.3, 0.4) is 0 Å². The summed E-state index contributed by atoms with van der Waals surface area (Å²) >= 11 is 0. The standard InChI is InChI=1S/C14H12N2O3/c1-3-8-16-13(9-12(15-16)14(17)18)10-4-6-11(19-2)7-5-10/h1,4-7,9H,8H2,2H3,(H,17,18). The number of aromatic carboxylic acids is 1. The Hall–Kier alpha value is -2.74. The Labute approximate surface area is 110 Å². The SMILES string of the molecule is C#CCn1nc(C(=O)O)cc1-c1ccc(OC)cc1. The molecule has 0 spiro atoms. The van der Waals surface area contributed by atoms with E-state index in [4.69, 9.17) is 16.3 Å². The van der Waals surface area contributed by atoms with Gasteiger partial charge in [0.1, 0.15) is 12.3 Å². The molecule has 1 aromatic heterocycles. The van der Waals surface area contributed by atoms with E-state index in [-0.39, 0.29) is 12.2 Å². The molecule has 0 aliphatic heterocycles. The van der Waals surface area contributed by atoms with Crippen LogP contribution in [0.5, 0.6) is 5.75 Å². The highest BCUT2D eigenvalue weighted by Crippen LogP contribution is 2.23. The van der Waals surface area contributed by atoms with Crippen molar-refractivity contribution in [3.63, 3.8) is 0 Å². The van der Waals surface area contributed by atoms with E-state index in [0.717, 1.165) is 11.3 Å². The van der Waals surface area contributed by atoms with Gasteiger partial charge >= 0.3 is 5.97 Å². The van der Waals surface area contributed by atoms with Crippen molar-refractivity contribution in [3.05, 3.63) is 36.0 Å². The summed E-state index contributed by atoms with van der Waals surface area (Å²) in [5.74, 6) is 2.10. The monoisotopic (exact) mass is 256 g/mol. The molecule has 1 heterocycles. The highest BCUT2D eigenvalue weighted by Gasteiger charge is 2.14. The maximum atomic E-state index is 11.0. The average molecular weight is 256 g/mol. The van der Waals surface area contributed by atoms with Gasteiger partial charge in [-0.2, -0.15) is 5.10 Å². The molecule has 0 unspecified atom stereocenters. The number of carbonyl (C=O) groups is 1. The van der Waals surface area contributed by atoms with Crippen LogP contribution in [-0.2, 0) is 6.54 Å². The molecule has 0 aliphatic carbocycles. The second-order valence-electron chi connectivity index (χ2n) is 3.81. The third-order valence-corrected chi connectivity index (χ3v) is 2.63. The van der Waals surface area contributed by atoms with Crippen LogP contribution in [0.2, 0.25) is 0 Å². The molecule has 5 heteroatoms. The molecular formula is C14H12N2O3. The molecule has 1 N–H and O–H groups in total. The van der Waals surface area contributed by atoms with Crippen LogP contribution in [0.1, 0.15) is 10.5 Å². The molecule has 0 aliphatic rings. The number of carboxylic acids is 1. The van der Waals surface area contributed by atoms with Gasteiger partial charge in [0, 0.05) is 5.56 Å². The topological polar surface area (TPSA) is 64.4 Å². The van der Waals surface area contributed by atoms with Gasteiger partial charge in [-0.1, -0.05) is 5.92 Å². The van der Waals surface area contributed by atoms with Crippen molar-refractivity contribution < 1.29 is 14.6 Å². The lowest BCUT2D eigenvalue weighted by Crippen LogP contribution is -2.03. The van der Waals surface area contributed by atoms with E-state index >= 15 is 0 Å². The fourth-order valence-corrected chi connectivity index (χ4v) is 1.72. The number of aromatic nitrogens is 2. The molecule has 2 rings (SSSR count). The van der Waals surface area contributed by atoms with E-state index in [2.05, 4.69) is 11.0 Å². The normalized spacial score (nSPS) is 9.89. The van der Waals surface area contributed by atoms with Gasteiger partial charge in [0.15, 0.2) is 5.69 Å². The maximum absolute atomic E-state index is 11.0. The third-order valence-electron chi connectivity index (χ3n) is 2.63. The minimum atomic E-state index is -1.08. The molecule has 0 saturated heterocycles. The lowest BCUT2D eigenvalue weighted by Gasteiger charge is -2.05. The van der Waals surface area contributed by atoms with Crippen LogP contribution in [0, 0.1) is 12.3 Å². The molecule has 5 nitrogen and oxygen atoms in total. The van der Waals surface area contributed by atoms with Gasteiger partial charge in [0.25, 0.3) is 0 Å². The zero-order chi connectivity index (χ0) is 13.8. The van der Waals surface area contributed by atoms with Crippen molar-refractivity contribution in [2.45, 2.75) is 6.54 Å². The number of hydrogen-bond acceptors (Lipinski definition) is 3. The van der Waals surface area contributed by atoms with Crippen LogP contribution in [0.25, 0.3) is 11.3 Å². The molecule has 1 aromatic carbocycles. The summed E-state index contributed by atoms with van der Waals surface area (Å²) in [6.45, 7) is 0.217. The third kappa shape index (κ3) is 2.58. The first kappa shape index (κ1) is 12.7. The fraction of sp³-hybridized carbons (Fsp3) is 0.143. The van der Waals surface area contributed by atoms with Crippen molar-refractivity contribution >= 4 is 5.97 Å². The molecule has 0 fully saturated rings. The minimum absolute atomic E-state index is 0.0268. The van der Waals surface area contributed by atoms with E-state index in [1.165, 1.54) is 10.7 Å². The minimum Gasteiger partial charge on any atom is -0.497 e. The number of hydrogen-bond donors (Lipinski definition) is 1. The van der Waals surface area contributed by atoms with E-state index in [1.54, 1.807) is 19.2 Å². The van der Waals surface area contributed by atoms with Crippen LogP contribution < -0.4 is 4.74 Å². The Kier molecular flexibility index (Phi) is 3.53. The van der Waals surface area contributed by atoms with Gasteiger partial charge in [0.2, 0.25) is 0 Å². The summed E-state index contributed by atoms with van der Waals surface area (Å²) in [6, 6.07) is 8.75. The van der Waals surface area contributed by atoms with Crippen LogP contribution >= 0.6 is 0 Å². The van der Waals surface area contributed by atoms with Crippen molar-refractivity contribution in [2.24, 2.45) is 0 Å². The first-order chi connectivity index (χ1) is 9.15. The van der Waals surface area contributed by atoms with E-state index in [0.29, 0.717) is 5.69 Å². The number of rotatable bonds is 4. The molecular weight excluding hydrogens is 244 g/mol. The zero-order valence-corrected chi connectivity index (χ0v) is 10.3. The summed E-state index contributed by atoms with van der Waals surface area (Å²) in [7, 11) is 1.58. The Morgan fingerprint density at radius 1 is 1.47 bits per heavy atom. The average Bonchev–Trinajstić information content (AvgIpc) is 2.84. The molecule has 0 bridgehead atoms. The predicted octanol–water partition coefficient (Wildman–Crippen LogP) is 1.89. The molecule has 0 amide bonds. The van der Waals surface area contributed by atoms with Gasteiger partial charge in [-0.05, 0) is 30.3 Å². The number of methoxy groups -OCH3 is 1. The Balaban J connectivity index is 2.46. The molecule has 0 radical (unpaired) electrons. The molecule has 96 valence electrons. The Bertz CT molecular complexity index is 636. The fourth-order valence-electron chi connectivity index (χ4n) is 1.72. The highest BCUT2D eigenvalue weighted by molar-refractivity contribution is 5.87. The Morgan fingerprint density at radius 2 is 2.16 bits per heavy atom. The number of benzene rings is 1. The second-order valence-corrected chi connectivity index (χ2v) is 3.81.